The number of amides is 1. The molecule has 1 amide bonds. The van der Waals surface area contributed by atoms with E-state index in [4.69, 9.17) is 11.6 Å². The third-order valence-corrected chi connectivity index (χ3v) is 3.91. The van der Waals surface area contributed by atoms with Crippen molar-refractivity contribution in [2.24, 2.45) is 7.05 Å². The normalized spacial score (nSPS) is 10.5. The molecule has 19 heavy (non-hydrogen) atoms. The number of carbonyl (C=O) groups excluding carboxylic acids is 1. The van der Waals surface area contributed by atoms with E-state index in [1.54, 1.807) is 7.05 Å². The summed E-state index contributed by atoms with van der Waals surface area (Å²) in [5.41, 5.74) is 0.825. The summed E-state index contributed by atoms with van der Waals surface area (Å²) in [6.45, 7) is 0. The van der Waals surface area contributed by atoms with E-state index in [1.165, 1.54) is 11.8 Å². The van der Waals surface area contributed by atoms with Crippen LogP contribution in [0.4, 0.5) is 0 Å². The zero-order valence-electron chi connectivity index (χ0n) is 10.6. The molecule has 1 aromatic heterocycles. The van der Waals surface area contributed by atoms with E-state index < -0.39 is 0 Å². The van der Waals surface area contributed by atoms with Gasteiger partial charge < -0.3 is 9.88 Å². The van der Waals surface area contributed by atoms with Gasteiger partial charge in [0.15, 0.2) is 11.0 Å². The Kier molecular flexibility index (Phi) is 4.44. The molecule has 1 aromatic carbocycles. The highest BCUT2D eigenvalue weighted by Gasteiger charge is 2.14. The van der Waals surface area contributed by atoms with Crippen LogP contribution in [-0.4, -0.2) is 33.5 Å². The summed E-state index contributed by atoms with van der Waals surface area (Å²) in [6.07, 6.45) is 0. The fourth-order valence-electron chi connectivity index (χ4n) is 1.52. The number of carbonyl (C=O) groups is 1. The average Bonchev–Trinajstić information content (AvgIpc) is 2.78. The maximum absolute atomic E-state index is 11.2. The number of hydrogen-bond donors (Lipinski definition) is 1. The van der Waals surface area contributed by atoms with Crippen molar-refractivity contribution in [2.45, 2.75) is 5.16 Å². The summed E-state index contributed by atoms with van der Waals surface area (Å²) in [5, 5.41) is 12.1. The molecule has 100 valence electrons. The molecule has 7 heteroatoms. The topological polar surface area (TPSA) is 59.8 Å². The molecule has 0 atom stereocenters. The highest BCUT2D eigenvalue weighted by Crippen LogP contribution is 2.28. The van der Waals surface area contributed by atoms with Gasteiger partial charge in [-0.1, -0.05) is 35.5 Å². The molecule has 1 N–H and O–H groups in total. The van der Waals surface area contributed by atoms with Crippen molar-refractivity contribution in [1.29, 1.82) is 0 Å². The van der Waals surface area contributed by atoms with Gasteiger partial charge in [-0.05, 0) is 12.1 Å². The Morgan fingerprint density at radius 3 is 2.84 bits per heavy atom. The molecule has 0 spiro atoms. The van der Waals surface area contributed by atoms with Gasteiger partial charge in [0, 0.05) is 19.7 Å². The highest BCUT2D eigenvalue weighted by atomic mass is 35.5. The van der Waals surface area contributed by atoms with E-state index in [0.717, 1.165) is 5.56 Å². The SMILES string of the molecule is CNC(=O)CSc1nnc(-c2ccccc2Cl)n1C. The summed E-state index contributed by atoms with van der Waals surface area (Å²) in [7, 11) is 3.46. The quantitative estimate of drug-likeness (QED) is 0.877. The number of halogens is 1. The molecule has 0 aliphatic heterocycles. The van der Waals surface area contributed by atoms with Crippen LogP contribution >= 0.6 is 23.4 Å². The van der Waals surface area contributed by atoms with Gasteiger partial charge in [0.05, 0.1) is 10.8 Å². The van der Waals surface area contributed by atoms with Crippen molar-refractivity contribution in [1.82, 2.24) is 20.1 Å². The van der Waals surface area contributed by atoms with Gasteiger partial charge in [-0.2, -0.15) is 0 Å². The number of aromatic nitrogens is 3. The molecule has 0 saturated carbocycles. The van der Waals surface area contributed by atoms with Gasteiger partial charge in [0.1, 0.15) is 0 Å². The molecule has 0 saturated heterocycles. The molecule has 0 unspecified atom stereocenters. The molecule has 1 heterocycles. The summed E-state index contributed by atoms with van der Waals surface area (Å²) in [6, 6.07) is 7.46. The number of thioether (sulfide) groups is 1. The van der Waals surface area contributed by atoms with Gasteiger partial charge in [0.25, 0.3) is 0 Å². The average molecular weight is 297 g/mol. The lowest BCUT2D eigenvalue weighted by molar-refractivity contribution is -0.118. The molecule has 0 aliphatic carbocycles. The first-order valence-corrected chi connectivity index (χ1v) is 6.97. The van der Waals surface area contributed by atoms with E-state index in [2.05, 4.69) is 15.5 Å². The van der Waals surface area contributed by atoms with Gasteiger partial charge >= 0.3 is 0 Å². The molecule has 5 nitrogen and oxygen atoms in total. The second kappa shape index (κ2) is 6.08. The summed E-state index contributed by atoms with van der Waals surface area (Å²) in [4.78, 5) is 11.2. The first-order chi connectivity index (χ1) is 9.13. The molecule has 2 aromatic rings. The van der Waals surface area contributed by atoms with Gasteiger partial charge in [-0.25, -0.2) is 0 Å². The highest BCUT2D eigenvalue weighted by molar-refractivity contribution is 7.99. The largest absolute Gasteiger partial charge is 0.358 e. The minimum atomic E-state index is -0.0488. The Hall–Kier alpha value is -1.53. The minimum absolute atomic E-state index is 0.0488. The van der Waals surface area contributed by atoms with Crippen LogP contribution in [0.25, 0.3) is 11.4 Å². The first kappa shape index (κ1) is 13.9. The third kappa shape index (κ3) is 3.08. The van der Waals surface area contributed by atoms with E-state index in [1.807, 2.05) is 35.9 Å². The van der Waals surface area contributed by atoms with Crippen molar-refractivity contribution < 1.29 is 4.79 Å². The van der Waals surface area contributed by atoms with Crippen LogP contribution in [0, 0.1) is 0 Å². The predicted molar refractivity (Wildman–Crippen MR) is 76.2 cm³/mol. The molecule has 0 bridgehead atoms. The Labute approximate surface area is 120 Å². The van der Waals surface area contributed by atoms with Crippen LogP contribution in [0.2, 0.25) is 5.02 Å². The Balaban J connectivity index is 2.24. The zero-order chi connectivity index (χ0) is 13.8. The van der Waals surface area contributed by atoms with Crippen LogP contribution in [0.15, 0.2) is 29.4 Å². The lowest BCUT2D eigenvalue weighted by atomic mass is 10.2. The summed E-state index contributed by atoms with van der Waals surface area (Å²) < 4.78 is 1.83. The maximum atomic E-state index is 11.2. The van der Waals surface area contributed by atoms with Crippen LogP contribution in [0.1, 0.15) is 0 Å². The maximum Gasteiger partial charge on any atom is 0.230 e. The van der Waals surface area contributed by atoms with E-state index in [-0.39, 0.29) is 5.91 Å². The molecular weight excluding hydrogens is 284 g/mol. The Morgan fingerprint density at radius 2 is 2.16 bits per heavy atom. The third-order valence-electron chi connectivity index (χ3n) is 2.56. The summed E-state index contributed by atoms with van der Waals surface area (Å²) in [5.74, 6) is 0.947. The van der Waals surface area contributed by atoms with Crippen LogP contribution in [0.3, 0.4) is 0 Å². The lowest BCUT2D eigenvalue weighted by Crippen LogP contribution is -2.20. The van der Waals surface area contributed by atoms with Crippen molar-refractivity contribution in [3.8, 4) is 11.4 Å². The lowest BCUT2D eigenvalue weighted by Gasteiger charge is -2.04. The monoisotopic (exact) mass is 296 g/mol. The van der Waals surface area contributed by atoms with E-state index in [0.29, 0.717) is 21.8 Å². The first-order valence-electron chi connectivity index (χ1n) is 5.61. The van der Waals surface area contributed by atoms with Crippen LogP contribution < -0.4 is 5.32 Å². The molecule has 0 radical (unpaired) electrons. The van der Waals surface area contributed by atoms with Gasteiger partial charge in [-0.15, -0.1) is 10.2 Å². The number of nitrogens with zero attached hydrogens (tertiary/aromatic N) is 3. The van der Waals surface area contributed by atoms with Crippen LogP contribution in [-0.2, 0) is 11.8 Å². The fraction of sp³-hybridized carbons (Fsp3) is 0.250. The van der Waals surface area contributed by atoms with Crippen molar-refractivity contribution in [2.75, 3.05) is 12.8 Å². The van der Waals surface area contributed by atoms with E-state index in [9.17, 15) is 4.79 Å². The molecule has 2 rings (SSSR count). The fourth-order valence-corrected chi connectivity index (χ4v) is 2.52. The predicted octanol–water partition coefficient (Wildman–Crippen LogP) is 1.97. The Morgan fingerprint density at radius 1 is 1.42 bits per heavy atom. The van der Waals surface area contributed by atoms with Crippen LogP contribution in [0.5, 0.6) is 0 Å². The van der Waals surface area contributed by atoms with Crippen molar-refractivity contribution >= 4 is 29.3 Å². The van der Waals surface area contributed by atoms with E-state index >= 15 is 0 Å². The molecule has 0 fully saturated rings. The van der Waals surface area contributed by atoms with Gasteiger partial charge in [-0.3, -0.25) is 4.79 Å². The number of hydrogen-bond acceptors (Lipinski definition) is 4. The number of nitrogens with one attached hydrogen (secondary N) is 1. The minimum Gasteiger partial charge on any atom is -0.358 e. The second-order valence-electron chi connectivity index (χ2n) is 3.81. The zero-order valence-corrected chi connectivity index (χ0v) is 12.1. The van der Waals surface area contributed by atoms with Crippen molar-refractivity contribution in [3.63, 3.8) is 0 Å². The smallest absolute Gasteiger partial charge is 0.230 e. The Bertz CT molecular complexity index is 599. The second-order valence-corrected chi connectivity index (χ2v) is 5.16. The standard InChI is InChI=1S/C12H13ClN4OS/c1-14-10(18)7-19-12-16-15-11(17(12)2)8-5-3-4-6-9(8)13/h3-6H,7H2,1-2H3,(H,14,18). The molecular formula is C12H13ClN4OS. The molecule has 0 aliphatic rings. The number of rotatable bonds is 4. The summed E-state index contributed by atoms with van der Waals surface area (Å²) >= 11 is 7.47. The number of benzene rings is 1. The van der Waals surface area contributed by atoms with Crippen molar-refractivity contribution in [3.05, 3.63) is 29.3 Å². The van der Waals surface area contributed by atoms with Gasteiger partial charge in [0.2, 0.25) is 5.91 Å².